The number of benzene rings is 2. The van der Waals surface area contributed by atoms with Gasteiger partial charge < -0.3 is 10.1 Å². The van der Waals surface area contributed by atoms with Crippen molar-refractivity contribution in [1.29, 1.82) is 0 Å². The van der Waals surface area contributed by atoms with Crippen LogP contribution in [0.1, 0.15) is 33.0 Å². The van der Waals surface area contributed by atoms with Crippen LogP contribution in [-0.4, -0.2) is 16.9 Å². The molecule has 1 heterocycles. The first-order valence-corrected chi connectivity index (χ1v) is 10.3. The predicted octanol–water partition coefficient (Wildman–Crippen LogP) is 4.54. The number of amides is 1. The molecule has 5 nitrogen and oxygen atoms in total. The number of carbonyl (C=O) groups excluding carboxylic acids is 2. The molecule has 1 N–H and O–H groups in total. The highest BCUT2D eigenvalue weighted by Gasteiger charge is 2.11. The normalized spacial score (nSPS) is 10.6. The Bertz CT molecular complexity index is 1010. The minimum atomic E-state index is -0.292. The minimum absolute atomic E-state index is 0.111. The molecule has 1 aromatic heterocycles. The van der Waals surface area contributed by atoms with Crippen LogP contribution in [0.4, 0.5) is 5.69 Å². The summed E-state index contributed by atoms with van der Waals surface area (Å²) in [5.41, 5.74) is 5.84. The summed E-state index contributed by atoms with van der Waals surface area (Å²) in [5.74, 6) is -0.415. The molecule has 2 aromatic carbocycles. The molecule has 6 heteroatoms. The molecule has 0 aliphatic rings. The lowest BCUT2D eigenvalue weighted by Crippen LogP contribution is -2.14. The number of nitrogens with zero attached hydrogens (tertiary/aromatic N) is 1. The van der Waals surface area contributed by atoms with E-state index in [9.17, 15) is 9.59 Å². The van der Waals surface area contributed by atoms with Crippen LogP contribution in [0, 0.1) is 20.8 Å². The second-order valence-corrected chi connectivity index (χ2v) is 8.02. The predicted molar refractivity (Wildman–Crippen MR) is 115 cm³/mol. The van der Waals surface area contributed by atoms with E-state index in [1.54, 1.807) is 0 Å². The first-order chi connectivity index (χ1) is 13.9. The van der Waals surface area contributed by atoms with Crippen LogP contribution in [0.2, 0.25) is 0 Å². The van der Waals surface area contributed by atoms with Crippen molar-refractivity contribution in [2.45, 2.75) is 40.2 Å². The summed E-state index contributed by atoms with van der Waals surface area (Å²) in [7, 11) is 0. The second kappa shape index (κ2) is 9.47. The van der Waals surface area contributed by atoms with Gasteiger partial charge in [0.25, 0.3) is 0 Å². The van der Waals surface area contributed by atoms with Crippen molar-refractivity contribution in [1.82, 2.24) is 4.98 Å². The third-order valence-corrected chi connectivity index (χ3v) is 5.44. The first-order valence-electron chi connectivity index (χ1n) is 9.40. The van der Waals surface area contributed by atoms with Gasteiger partial charge in [-0.2, -0.15) is 0 Å². The van der Waals surface area contributed by atoms with E-state index in [-0.39, 0.29) is 31.3 Å². The lowest BCUT2D eigenvalue weighted by Gasteiger charge is -2.06. The number of aromatic nitrogens is 1. The van der Waals surface area contributed by atoms with Crippen LogP contribution in [0.25, 0.3) is 0 Å². The van der Waals surface area contributed by atoms with Gasteiger partial charge in [0, 0.05) is 11.1 Å². The van der Waals surface area contributed by atoms with Crippen LogP contribution in [-0.2, 0) is 33.8 Å². The molecular formula is C23H24N2O3S. The summed E-state index contributed by atoms with van der Waals surface area (Å²) < 4.78 is 5.33. The summed E-state index contributed by atoms with van der Waals surface area (Å²) in [4.78, 5) is 28.6. The monoisotopic (exact) mass is 408 g/mol. The molecule has 3 aromatic rings. The summed E-state index contributed by atoms with van der Waals surface area (Å²) in [6.07, 6.45) is 0.423. The molecule has 0 spiro atoms. The lowest BCUT2D eigenvalue weighted by atomic mass is 10.0. The standard InChI is InChI=1S/C23H24N2O3S/c1-15-4-8-19(9-5-15)24-21(26)12-22-25-20(14-29-22)13-28-23(27)11-18-7-6-16(2)17(3)10-18/h4-10,14H,11-13H2,1-3H3,(H,24,26). The fourth-order valence-electron chi connectivity index (χ4n) is 2.76. The molecule has 29 heavy (non-hydrogen) atoms. The topological polar surface area (TPSA) is 68.3 Å². The van der Waals surface area contributed by atoms with Crippen LogP contribution < -0.4 is 5.32 Å². The van der Waals surface area contributed by atoms with Crippen molar-refractivity contribution < 1.29 is 14.3 Å². The van der Waals surface area contributed by atoms with E-state index in [2.05, 4.69) is 10.3 Å². The van der Waals surface area contributed by atoms with Crippen molar-refractivity contribution in [2.75, 3.05) is 5.32 Å². The fourth-order valence-corrected chi connectivity index (χ4v) is 3.54. The second-order valence-electron chi connectivity index (χ2n) is 7.08. The Morgan fingerprint density at radius 2 is 1.76 bits per heavy atom. The zero-order valence-electron chi connectivity index (χ0n) is 16.8. The molecule has 0 atom stereocenters. The first kappa shape index (κ1) is 20.7. The van der Waals surface area contributed by atoms with Gasteiger partial charge in [-0.05, 0) is 49.6 Å². The molecule has 0 saturated carbocycles. The highest BCUT2D eigenvalue weighted by atomic mass is 32.1. The summed E-state index contributed by atoms with van der Waals surface area (Å²) in [6, 6.07) is 13.6. The number of anilines is 1. The van der Waals surface area contributed by atoms with Crippen LogP contribution in [0.3, 0.4) is 0 Å². The molecule has 0 saturated heterocycles. The van der Waals surface area contributed by atoms with Gasteiger partial charge in [0.1, 0.15) is 11.6 Å². The van der Waals surface area contributed by atoms with E-state index >= 15 is 0 Å². The maximum Gasteiger partial charge on any atom is 0.310 e. The fraction of sp³-hybridized carbons (Fsp3) is 0.261. The number of rotatable bonds is 7. The van der Waals surface area contributed by atoms with E-state index in [0.29, 0.717) is 10.7 Å². The molecule has 150 valence electrons. The Morgan fingerprint density at radius 3 is 2.48 bits per heavy atom. The van der Waals surface area contributed by atoms with Crippen molar-refractivity contribution in [3.05, 3.63) is 80.8 Å². The quantitative estimate of drug-likeness (QED) is 0.583. The molecule has 0 fully saturated rings. The summed E-state index contributed by atoms with van der Waals surface area (Å²) in [6.45, 7) is 6.17. The number of hydrogen-bond acceptors (Lipinski definition) is 5. The SMILES string of the molecule is Cc1ccc(NC(=O)Cc2nc(COC(=O)Cc3ccc(C)c(C)c3)cs2)cc1. The van der Waals surface area contributed by atoms with E-state index in [0.717, 1.165) is 22.4 Å². The largest absolute Gasteiger partial charge is 0.459 e. The Labute approximate surface area is 174 Å². The van der Waals surface area contributed by atoms with Crippen molar-refractivity contribution >= 4 is 28.9 Å². The number of hydrogen-bond donors (Lipinski definition) is 1. The van der Waals surface area contributed by atoms with Crippen LogP contribution in [0.15, 0.2) is 47.8 Å². The third-order valence-electron chi connectivity index (χ3n) is 4.55. The highest BCUT2D eigenvalue weighted by Crippen LogP contribution is 2.15. The van der Waals surface area contributed by atoms with E-state index < -0.39 is 0 Å². The maximum atomic E-state index is 12.2. The molecule has 3 rings (SSSR count). The molecule has 0 unspecified atom stereocenters. The highest BCUT2D eigenvalue weighted by molar-refractivity contribution is 7.09. The zero-order valence-corrected chi connectivity index (χ0v) is 17.6. The molecule has 0 radical (unpaired) electrons. The Balaban J connectivity index is 1.46. The van der Waals surface area contributed by atoms with Gasteiger partial charge in [-0.3, -0.25) is 9.59 Å². The van der Waals surface area contributed by atoms with Gasteiger partial charge in [-0.15, -0.1) is 11.3 Å². The van der Waals surface area contributed by atoms with E-state index in [4.69, 9.17) is 4.74 Å². The molecular weight excluding hydrogens is 384 g/mol. The Hall–Kier alpha value is -2.99. The van der Waals surface area contributed by atoms with E-state index in [1.165, 1.54) is 16.9 Å². The molecule has 0 aliphatic carbocycles. The zero-order chi connectivity index (χ0) is 20.8. The van der Waals surface area contributed by atoms with Crippen molar-refractivity contribution in [2.24, 2.45) is 0 Å². The van der Waals surface area contributed by atoms with Gasteiger partial charge in [0.05, 0.1) is 18.5 Å². The van der Waals surface area contributed by atoms with Crippen molar-refractivity contribution in [3.8, 4) is 0 Å². The average Bonchev–Trinajstić information content (AvgIpc) is 3.12. The van der Waals surface area contributed by atoms with Gasteiger partial charge in [0.15, 0.2) is 0 Å². The Morgan fingerprint density at radius 1 is 1.00 bits per heavy atom. The van der Waals surface area contributed by atoms with Crippen molar-refractivity contribution in [3.63, 3.8) is 0 Å². The lowest BCUT2D eigenvalue weighted by molar-refractivity contribution is -0.144. The number of thiazole rings is 1. The van der Waals surface area contributed by atoms with Crippen LogP contribution in [0.5, 0.6) is 0 Å². The molecule has 1 amide bonds. The maximum absolute atomic E-state index is 12.2. The number of carbonyl (C=O) groups is 2. The van der Waals surface area contributed by atoms with Gasteiger partial charge in [-0.1, -0.05) is 35.9 Å². The number of esters is 1. The van der Waals surface area contributed by atoms with E-state index in [1.807, 2.05) is 68.6 Å². The number of nitrogens with one attached hydrogen (secondary N) is 1. The van der Waals surface area contributed by atoms with Crippen LogP contribution >= 0.6 is 11.3 Å². The van der Waals surface area contributed by atoms with Gasteiger partial charge in [0.2, 0.25) is 5.91 Å². The minimum Gasteiger partial charge on any atom is -0.459 e. The summed E-state index contributed by atoms with van der Waals surface area (Å²) in [5, 5.41) is 5.36. The molecule has 0 bridgehead atoms. The smallest absolute Gasteiger partial charge is 0.310 e. The van der Waals surface area contributed by atoms with Gasteiger partial charge in [-0.25, -0.2) is 4.98 Å². The number of ether oxygens (including phenoxy) is 1. The molecule has 0 aliphatic heterocycles. The third kappa shape index (κ3) is 6.26. The summed E-state index contributed by atoms with van der Waals surface area (Å²) >= 11 is 1.39. The average molecular weight is 409 g/mol. The Kier molecular flexibility index (Phi) is 6.77. The van der Waals surface area contributed by atoms with Gasteiger partial charge >= 0.3 is 5.97 Å². The number of aryl methyl sites for hydroxylation is 3.